The van der Waals surface area contributed by atoms with Crippen LogP contribution in [0, 0.1) is 19.7 Å². The van der Waals surface area contributed by atoms with Crippen LogP contribution in [0.1, 0.15) is 48.0 Å². The normalized spacial score (nSPS) is 11.8. The smallest absolute Gasteiger partial charge is 0.255 e. The van der Waals surface area contributed by atoms with Crippen LogP contribution in [0.25, 0.3) is 22.6 Å². The van der Waals surface area contributed by atoms with Crippen LogP contribution >= 0.6 is 0 Å². The molecule has 2 heterocycles. The van der Waals surface area contributed by atoms with Crippen LogP contribution in [-0.2, 0) is 15.4 Å². The molecule has 0 aliphatic rings. The summed E-state index contributed by atoms with van der Waals surface area (Å²) in [5.74, 6) is -0.571. The molecule has 2 aromatic heterocycles. The third-order valence-electron chi connectivity index (χ3n) is 7.27. The minimum Gasteiger partial charge on any atom is -0.492 e. The number of hydrogen-bond acceptors (Lipinski definition) is 7. The Morgan fingerprint density at radius 3 is 2.33 bits per heavy atom. The Bertz CT molecular complexity index is 2010. The Kier molecular flexibility index (Phi) is 8.23. The first-order valence-electron chi connectivity index (χ1n) is 14.0. The zero-order valence-electron chi connectivity index (χ0n) is 26.0. The Morgan fingerprint density at radius 2 is 1.69 bits per heavy atom. The first-order chi connectivity index (χ1) is 21.1. The molecule has 0 unspecified atom stereocenters. The van der Waals surface area contributed by atoms with Crippen molar-refractivity contribution in [3.05, 3.63) is 95.2 Å². The highest BCUT2D eigenvalue weighted by atomic mass is 32.2. The minimum atomic E-state index is -3.62. The molecule has 11 nitrogen and oxygen atoms in total. The van der Waals surface area contributed by atoms with Gasteiger partial charge in [-0.3, -0.25) is 9.52 Å². The molecule has 3 aromatic carbocycles. The molecule has 5 rings (SSSR count). The molecular formula is C32H34FN7O4S. The summed E-state index contributed by atoms with van der Waals surface area (Å²) in [6.07, 6.45) is 4.48. The molecule has 0 bridgehead atoms. The van der Waals surface area contributed by atoms with Crippen LogP contribution < -0.4 is 14.8 Å². The molecule has 0 aliphatic carbocycles. The van der Waals surface area contributed by atoms with Crippen molar-refractivity contribution >= 4 is 27.3 Å². The highest BCUT2D eigenvalue weighted by Gasteiger charge is 2.23. The number of hydrogen-bond donors (Lipinski definition) is 2. The van der Waals surface area contributed by atoms with Crippen molar-refractivity contribution in [2.45, 2.75) is 40.0 Å². The number of nitrogens with zero attached hydrogens (tertiary/aromatic N) is 5. The lowest BCUT2D eigenvalue weighted by atomic mass is 9.86. The first kappa shape index (κ1) is 31.4. The fourth-order valence-electron chi connectivity index (χ4n) is 4.85. The van der Waals surface area contributed by atoms with Crippen molar-refractivity contribution in [1.82, 2.24) is 24.8 Å². The summed E-state index contributed by atoms with van der Waals surface area (Å²) in [5.41, 5.74) is 5.66. The van der Waals surface area contributed by atoms with Gasteiger partial charge in [-0.05, 0) is 78.9 Å². The summed E-state index contributed by atoms with van der Waals surface area (Å²) < 4.78 is 48.9. The van der Waals surface area contributed by atoms with Crippen molar-refractivity contribution < 1.29 is 22.3 Å². The largest absolute Gasteiger partial charge is 0.492 e. The number of carbonyl (C=O) groups excluding carboxylic acids is 1. The van der Waals surface area contributed by atoms with Gasteiger partial charge in [0.05, 0.1) is 54.2 Å². The molecule has 2 N–H and O–H groups in total. The van der Waals surface area contributed by atoms with Crippen molar-refractivity contribution in [2.75, 3.05) is 23.4 Å². The summed E-state index contributed by atoms with van der Waals surface area (Å²) in [5, 5.41) is 16.0. The molecule has 0 saturated carbocycles. The van der Waals surface area contributed by atoms with Crippen LogP contribution in [0.2, 0.25) is 0 Å². The van der Waals surface area contributed by atoms with E-state index in [1.54, 1.807) is 58.2 Å². The predicted octanol–water partition coefficient (Wildman–Crippen LogP) is 5.81. The lowest BCUT2D eigenvalue weighted by molar-refractivity contribution is 0.102. The van der Waals surface area contributed by atoms with E-state index in [9.17, 15) is 17.6 Å². The number of carbonyl (C=O) groups is 1. The fraction of sp³-hybridized carbons (Fsp3) is 0.250. The van der Waals surface area contributed by atoms with Crippen LogP contribution in [0.4, 0.5) is 15.8 Å². The van der Waals surface area contributed by atoms with Gasteiger partial charge in [-0.2, -0.15) is 5.10 Å². The van der Waals surface area contributed by atoms with E-state index in [4.69, 9.17) is 4.74 Å². The highest BCUT2D eigenvalue weighted by Crippen LogP contribution is 2.39. The summed E-state index contributed by atoms with van der Waals surface area (Å²) in [4.78, 5) is 13.6. The lowest BCUT2D eigenvalue weighted by Gasteiger charge is -2.24. The number of aromatic nitrogens is 5. The van der Waals surface area contributed by atoms with Crippen molar-refractivity contribution in [1.29, 1.82) is 0 Å². The second kappa shape index (κ2) is 11.8. The van der Waals surface area contributed by atoms with Crippen LogP contribution in [0.15, 0.2) is 67.0 Å². The maximum absolute atomic E-state index is 13.6. The summed E-state index contributed by atoms with van der Waals surface area (Å²) in [7, 11) is -2.21. The molecule has 0 spiro atoms. The number of nitrogens with one attached hydrogen (secondary N) is 2. The first-order valence-corrected chi connectivity index (χ1v) is 15.9. The number of rotatable bonds is 8. The van der Waals surface area contributed by atoms with Crippen LogP contribution in [-0.4, -0.2) is 52.5 Å². The molecule has 0 saturated heterocycles. The quantitative estimate of drug-likeness (QED) is 0.221. The van der Waals surface area contributed by atoms with Gasteiger partial charge < -0.3 is 10.1 Å². The van der Waals surface area contributed by atoms with E-state index in [0.717, 1.165) is 28.6 Å². The number of methoxy groups -OCH3 is 1. The number of aryl methyl sites for hydroxylation is 1. The topological polar surface area (TPSA) is 133 Å². The molecule has 13 heteroatoms. The molecule has 0 aliphatic heterocycles. The van der Waals surface area contributed by atoms with Crippen molar-refractivity contribution in [3.63, 3.8) is 0 Å². The Labute approximate surface area is 261 Å². The number of halogens is 1. The molecule has 234 valence electrons. The molecule has 0 radical (unpaired) electrons. The Hall–Kier alpha value is -5.04. The van der Waals surface area contributed by atoms with Crippen molar-refractivity contribution in [2.24, 2.45) is 0 Å². The summed E-state index contributed by atoms with van der Waals surface area (Å²) in [6, 6.07) is 14.7. The number of benzene rings is 3. The van der Waals surface area contributed by atoms with Gasteiger partial charge in [-0.15, -0.1) is 5.10 Å². The molecule has 0 atom stereocenters. The van der Waals surface area contributed by atoms with Crippen LogP contribution in [0.3, 0.4) is 0 Å². The van der Waals surface area contributed by atoms with Gasteiger partial charge in [0.15, 0.2) is 5.75 Å². The molecule has 0 fully saturated rings. The number of anilines is 2. The van der Waals surface area contributed by atoms with Crippen LogP contribution in [0.5, 0.6) is 5.75 Å². The van der Waals surface area contributed by atoms with E-state index in [1.807, 2.05) is 40.7 Å². The fourth-order valence-corrected chi connectivity index (χ4v) is 5.40. The van der Waals surface area contributed by atoms with Gasteiger partial charge in [0.25, 0.3) is 5.91 Å². The Balaban J connectivity index is 1.46. The van der Waals surface area contributed by atoms with Crippen molar-refractivity contribution in [3.8, 4) is 28.4 Å². The zero-order valence-corrected chi connectivity index (χ0v) is 26.8. The van der Waals surface area contributed by atoms with E-state index in [1.165, 1.54) is 19.2 Å². The standard InChI is InChI=1S/C32H34FN7O4S/c1-19-8-9-21(31(41)35-26-15-22(32(3,4)5)16-27(30(26)44-6)37-45(7,42)43)14-29(19)39-18-28(36-38-39)25-17-34-40(20(25)2)24-12-10-23(33)11-13-24/h8-18,37H,1-7H3,(H,35,41). The zero-order chi connectivity index (χ0) is 32.7. The number of sulfonamides is 1. The molecule has 1 amide bonds. The maximum Gasteiger partial charge on any atom is 0.255 e. The maximum atomic E-state index is 13.6. The number of ether oxygens (including phenoxy) is 1. The molecular weight excluding hydrogens is 597 g/mol. The summed E-state index contributed by atoms with van der Waals surface area (Å²) in [6.45, 7) is 9.74. The SMILES string of the molecule is COc1c(NC(=O)c2ccc(C)c(-n3cc(-c4cnn(-c5ccc(F)cc5)c4C)nn3)c2)cc(C(C)(C)C)cc1NS(C)(=O)=O. The average molecular weight is 632 g/mol. The third-order valence-corrected chi connectivity index (χ3v) is 7.86. The highest BCUT2D eigenvalue weighted by molar-refractivity contribution is 7.92. The van der Waals surface area contributed by atoms with E-state index in [-0.39, 0.29) is 22.7 Å². The van der Waals surface area contributed by atoms with E-state index in [0.29, 0.717) is 28.3 Å². The average Bonchev–Trinajstić information content (AvgIpc) is 3.59. The van der Waals surface area contributed by atoms with Gasteiger partial charge >= 0.3 is 0 Å². The molecule has 45 heavy (non-hydrogen) atoms. The second-order valence-corrected chi connectivity index (χ2v) is 13.5. The number of amides is 1. The van der Waals surface area contributed by atoms with Gasteiger partial charge in [-0.1, -0.05) is 32.1 Å². The summed E-state index contributed by atoms with van der Waals surface area (Å²) >= 11 is 0. The minimum absolute atomic E-state index is 0.187. The van der Waals surface area contributed by atoms with Gasteiger partial charge in [0.2, 0.25) is 10.0 Å². The second-order valence-electron chi connectivity index (χ2n) is 11.8. The Morgan fingerprint density at radius 1 is 1.00 bits per heavy atom. The van der Waals surface area contributed by atoms with Gasteiger partial charge in [0.1, 0.15) is 11.5 Å². The van der Waals surface area contributed by atoms with Gasteiger partial charge in [-0.25, -0.2) is 22.2 Å². The predicted molar refractivity (Wildman–Crippen MR) is 171 cm³/mol. The lowest BCUT2D eigenvalue weighted by Crippen LogP contribution is -2.18. The third kappa shape index (κ3) is 6.73. The van der Waals surface area contributed by atoms with E-state index >= 15 is 0 Å². The monoisotopic (exact) mass is 631 g/mol. The van der Waals surface area contributed by atoms with Gasteiger partial charge in [0, 0.05) is 11.1 Å². The molecule has 5 aromatic rings. The van der Waals surface area contributed by atoms with E-state index < -0.39 is 15.9 Å². The van der Waals surface area contributed by atoms with E-state index in [2.05, 4.69) is 25.4 Å².